The summed E-state index contributed by atoms with van der Waals surface area (Å²) in [5.74, 6) is 0.562. The molecule has 1 aromatic carbocycles. The summed E-state index contributed by atoms with van der Waals surface area (Å²) in [6.45, 7) is 0. The van der Waals surface area contributed by atoms with Crippen molar-refractivity contribution in [2.75, 3.05) is 11.1 Å². The minimum absolute atomic E-state index is 0.554. The Morgan fingerprint density at radius 2 is 2.00 bits per heavy atom. The van der Waals surface area contributed by atoms with E-state index in [1.807, 2.05) is 0 Å². The van der Waals surface area contributed by atoms with E-state index in [1.165, 1.54) is 0 Å². The predicted molar refractivity (Wildman–Crippen MR) is 68.4 cm³/mol. The molecular formula is C11H9Cl2N3. The van der Waals surface area contributed by atoms with Crippen molar-refractivity contribution in [3.8, 4) is 0 Å². The van der Waals surface area contributed by atoms with Gasteiger partial charge in [0.2, 0.25) is 0 Å². The highest BCUT2D eigenvalue weighted by molar-refractivity contribution is 6.35. The first kappa shape index (κ1) is 11.0. The number of pyridine rings is 1. The summed E-state index contributed by atoms with van der Waals surface area (Å²) in [6, 6.07) is 8.67. The Labute approximate surface area is 103 Å². The quantitative estimate of drug-likeness (QED) is 0.858. The number of benzene rings is 1. The van der Waals surface area contributed by atoms with E-state index in [-0.39, 0.29) is 0 Å². The van der Waals surface area contributed by atoms with E-state index in [4.69, 9.17) is 28.9 Å². The highest BCUT2D eigenvalue weighted by atomic mass is 35.5. The van der Waals surface area contributed by atoms with Gasteiger partial charge in [0, 0.05) is 11.2 Å². The van der Waals surface area contributed by atoms with Gasteiger partial charge in [-0.2, -0.15) is 0 Å². The number of nitrogens with zero attached hydrogens (tertiary/aromatic N) is 1. The zero-order valence-electron chi connectivity index (χ0n) is 8.24. The fourth-order valence-electron chi connectivity index (χ4n) is 1.24. The maximum Gasteiger partial charge on any atom is 0.153 e. The van der Waals surface area contributed by atoms with Gasteiger partial charge in [0.25, 0.3) is 0 Å². The van der Waals surface area contributed by atoms with Gasteiger partial charge in [-0.05, 0) is 30.3 Å². The smallest absolute Gasteiger partial charge is 0.153 e. The van der Waals surface area contributed by atoms with E-state index in [9.17, 15) is 0 Å². The molecule has 0 fully saturated rings. The number of nitrogens with two attached hydrogens (primary N) is 1. The predicted octanol–water partition coefficient (Wildman–Crippen LogP) is 3.71. The van der Waals surface area contributed by atoms with Crippen molar-refractivity contribution in [1.29, 1.82) is 0 Å². The van der Waals surface area contributed by atoms with Crippen LogP contribution in [0.4, 0.5) is 17.2 Å². The Bertz CT molecular complexity index is 514. The highest BCUT2D eigenvalue weighted by Gasteiger charge is 2.04. The molecule has 0 spiro atoms. The first-order chi connectivity index (χ1) is 7.66. The number of aromatic nitrogens is 1. The summed E-state index contributed by atoms with van der Waals surface area (Å²) in [5.41, 5.74) is 6.99. The van der Waals surface area contributed by atoms with Crippen LogP contribution in [0.2, 0.25) is 10.0 Å². The lowest BCUT2D eigenvalue weighted by atomic mass is 10.3. The van der Waals surface area contributed by atoms with Crippen LogP contribution in [-0.4, -0.2) is 4.98 Å². The first-order valence-electron chi connectivity index (χ1n) is 4.59. The summed E-state index contributed by atoms with van der Waals surface area (Å²) in [6.07, 6.45) is 1.65. The van der Waals surface area contributed by atoms with E-state index in [1.54, 1.807) is 36.5 Å². The van der Waals surface area contributed by atoms with Crippen LogP contribution in [-0.2, 0) is 0 Å². The monoisotopic (exact) mass is 253 g/mol. The topological polar surface area (TPSA) is 50.9 Å². The number of anilines is 3. The molecule has 16 heavy (non-hydrogen) atoms. The molecule has 0 saturated carbocycles. The maximum atomic E-state index is 6.01. The molecule has 3 nitrogen and oxygen atoms in total. The molecule has 0 radical (unpaired) electrons. The summed E-state index contributed by atoms with van der Waals surface area (Å²) < 4.78 is 0. The summed E-state index contributed by atoms with van der Waals surface area (Å²) in [7, 11) is 0. The molecule has 82 valence electrons. The molecule has 5 heteroatoms. The summed E-state index contributed by atoms with van der Waals surface area (Å²) in [4.78, 5) is 4.11. The molecule has 0 aliphatic rings. The van der Waals surface area contributed by atoms with Gasteiger partial charge in [-0.3, -0.25) is 0 Å². The second kappa shape index (κ2) is 4.60. The van der Waals surface area contributed by atoms with E-state index >= 15 is 0 Å². The molecule has 1 aromatic heterocycles. The molecule has 3 N–H and O–H groups in total. The standard InChI is InChI=1S/C11H9Cl2N3/c12-7-3-4-8(13)10(6-7)16-11-9(14)2-1-5-15-11/h1-6H,14H2,(H,15,16). The van der Waals surface area contributed by atoms with Crippen molar-refractivity contribution < 1.29 is 0 Å². The summed E-state index contributed by atoms with van der Waals surface area (Å²) >= 11 is 11.9. The van der Waals surface area contributed by atoms with Crippen LogP contribution >= 0.6 is 23.2 Å². The minimum atomic E-state index is 0.554. The SMILES string of the molecule is Nc1cccnc1Nc1cc(Cl)ccc1Cl. The van der Waals surface area contributed by atoms with Crippen LogP contribution in [0.1, 0.15) is 0 Å². The zero-order valence-corrected chi connectivity index (χ0v) is 9.76. The van der Waals surface area contributed by atoms with Gasteiger partial charge in [-0.15, -0.1) is 0 Å². The lowest BCUT2D eigenvalue weighted by Gasteiger charge is -2.09. The average molecular weight is 254 g/mol. The van der Waals surface area contributed by atoms with Crippen LogP contribution in [0, 0.1) is 0 Å². The molecule has 1 heterocycles. The van der Waals surface area contributed by atoms with Crippen LogP contribution in [0.25, 0.3) is 0 Å². The van der Waals surface area contributed by atoms with E-state index in [2.05, 4.69) is 10.3 Å². The maximum absolute atomic E-state index is 6.01. The Balaban J connectivity index is 2.34. The third-order valence-electron chi connectivity index (χ3n) is 2.02. The van der Waals surface area contributed by atoms with Gasteiger partial charge >= 0.3 is 0 Å². The molecule has 0 atom stereocenters. The number of rotatable bonds is 2. The lowest BCUT2D eigenvalue weighted by Crippen LogP contribution is -1.98. The first-order valence-corrected chi connectivity index (χ1v) is 5.35. The van der Waals surface area contributed by atoms with Crippen molar-refractivity contribution in [2.45, 2.75) is 0 Å². The van der Waals surface area contributed by atoms with Crippen LogP contribution in [0.3, 0.4) is 0 Å². The minimum Gasteiger partial charge on any atom is -0.396 e. The van der Waals surface area contributed by atoms with Gasteiger partial charge in [0.15, 0.2) is 5.82 Å². The number of nitrogens with one attached hydrogen (secondary N) is 1. The normalized spacial score (nSPS) is 10.1. The van der Waals surface area contributed by atoms with E-state index < -0.39 is 0 Å². The van der Waals surface area contributed by atoms with Crippen LogP contribution in [0.5, 0.6) is 0 Å². The lowest BCUT2D eigenvalue weighted by molar-refractivity contribution is 1.31. The van der Waals surface area contributed by atoms with Gasteiger partial charge in [-0.1, -0.05) is 23.2 Å². The van der Waals surface area contributed by atoms with Crippen molar-refractivity contribution >= 4 is 40.4 Å². The fraction of sp³-hybridized carbons (Fsp3) is 0. The number of halogens is 2. The third kappa shape index (κ3) is 2.38. The van der Waals surface area contributed by atoms with Gasteiger partial charge in [-0.25, -0.2) is 4.98 Å². The molecule has 2 aromatic rings. The van der Waals surface area contributed by atoms with Crippen molar-refractivity contribution in [3.05, 3.63) is 46.6 Å². The van der Waals surface area contributed by atoms with Crippen LogP contribution < -0.4 is 11.1 Å². The second-order valence-electron chi connectivity index (χ2n) is 3.19. The van der Waals surface area contributed by atoms with Gasteiger partial charge in [0.05, 0.1) is 16.4 Å². The second-order valence-corrected chi connectivity index (χ2v) is 4.03. The molecule has 0 aliphatic heterocycles. The van der Waals surface area contributed by atoms with Crippen molar-refractivity contribution in [1.82, 2.24) is 4.98 Å². The summed E-state index contributed by atoms with van der Waals surface area (Å²) in [5, 5.41) is 4.19. The Morgan fingerprint density at radius 3 is 2.75 bits per heavy atom. The molecule has 0 saturated heterocycles. The van der Waals surface area contributed by atoms with Crippen molar-refractivity contribution in [3.63, 3.8) is 0 Å². The largest absolute Gasteiger partial charge is 0.396 e. The molecular weight excluding hydrogens is 245 g/mol. The van der Waals surface area contributed by atoms with Gasteiger partial charge < -0.3 is 11.1 Å². The van der Waals surface area contributed by atoms with Crippen LogP contribution in [0.15, 0.2) is 36.5 Å². The highest BCUT2D eigenvalue weighted by Crippen LogP contribution is 2.29. The average Bonchev–Trinajstić information content (AvgIpc) is 2.27. The molecule has 0 amide bonds. The fourth-order valence-corrected chi connectivity index (χ4v) is 1.58. The molecule has 0 unspecified atom stereocenters. The zero-order chi connectivity index (χ0) is 11.5. The third-order valence-corrected chi connectivity index (χ3v) is 2.59. The van der Waals surface area contributed by atoms with Crippen molar-refractivity contribution in [2.24, 2.45) is 0 Å². The molecule has 0 bridgehead atoms. The Morgan fingerprint density at radius 1 is 1.19 bits per heavy atom. The number of nitrogen functional groups attached to an aromatic ring is 1. The number of hydrogen-bond donors (Lipinski definition) is 2. The molecule has 0 aliphatic carbocycles. The Hall–Kier alpha value is -1.45. The van der Waals surface area contributed by atoms with E-state index in [0.717, 1.165) is 0 Å². The number of hydrogen-bond acceptors (Lipinski definition) is 3. The molecule has 2 rings (SSSR count). The van der Waals surface area contributed by atoms with Gasteiger partial charge in [0.1, 0.15) is 0 Å². The Kier molecular flexibility index (Phi) is 3.17. The van der Waals surface area contributed by atoms with E-state index in [0.29, 0.717) is 27.2 Å².